The van der Waals surface area contributed by atoms with Gasteiger partial charge in [0.25, 0.3) is 0 Å². The zero-order valence-electron chi connectivity index (χ0n) is 14.4. The van der Waals surface area contributed by atoms with Crippen molar-refractivity contribution in [1.82, 2.24) is 19.8 Å². The van der Waals surface area contributed by atoms with Gasteiger partial charge in [0.2, 0.25) is 11.8 Å². The van der Waals surface area contributed by atoms with Crippen molar-refractivity contribution in [2.24, 2.45) is 0 Å². The summed E-state index contributed by atoms with van der Waals surface area (Å²) in [5.74, 6) is -0.149. The number of hydrogen-bond donors (Lipinski definition) is 1. The number of amides is 2. The average molecular weight is 338 g/mol. The van der Waals surface area contributed by atoms with E-state index in [2.05, 4.69) is 10.3 Å². The summed E-state index contributed by atoms with van der Waals surface area (Å²) < 4.78 is 1.92. The van der Waals surface area contributed by atoms with Gasteiger partial charge in [-0.05, 0) is 24.1 Å². The van der Waals surface area contributed by atoms with E-state index in [-0.39, 0.29) is 30.3 Å². The number of benzene rings is 1. The van der Waals surface area contributed by atoms with Gasteiger partial charge < -0.3 is 14.8 Å². The Kier molecular flexibility index (Phi) is 4.97. The van der Waals surface area contributed by atoms with E-state index in [1.54, 1.807) is 23.6 Å². The van der Waals surface area contributed by atoms with E-state index in [0.717, 1.165) is 11.1 Å². The summed E-state index contributed by atoms with van der Waals surface area (Å²) in [4.78, 5) is 30.1. The lowest BCUT2D eigenvalue weighted by atomic mass is 9.93. The summed E-state index contributed by atoms with van der Waals surface area (Å²) in [5, 5.41) is 3.01. The second-order valence-electron chi connectivity index (χ2n) is 6.32. The summed E-state index contributed by atoms with van der Waals surface area (Å²) in [6.07, 6.45) is 9.20. The first-order valence-electron chi connectivity index (χ1n) is 8.35. The molecule has 0 bridgehead atoms. The van der Waals surface area contributed by atoms with Crippen molar-refractivity contribution in [3.63, 3.8) is 0 Å². The van der Waals surface area contributed by atoms with Crippen LogP contribution in [0.1, 0.15) is 37.4 Å². The molecule has 0 saturated carbocycles. The lowest BCUT2D eigenvalue weighted by Gasteiger charge is -2.32. The SMILES string of the molecule is CC(=O)N1C=Cc2ccccc2[C@H]1CC(=O)N[C@@H](C)Cn1ccnc1. The van der Waals surface area contributed by atoms with Crippen molar-refractivity contribution in [2.75, 3.05) is 0 Å². The Morgan fingerprint density at radius 2 is 2.12 bits per heavy atom. The second kappa shape index (κ2) is 7.34. The predicted octanol–water partition coefficient (Wildman–Crippen LogP) is 2.35. The number of aromatic nitrogens is 2. The fraction of sp³-hybridized carbons (Fsp3) is 0.316. The van der Waals surface area contributed by atoms with Crippen molar-refractivity contribution in [3.8, 4) is 0 Å². The zero-order chi connectivity index (χ0) is 17.8. The van der Waals surface area contributed by atoms with Crippen LogP contribution < -0.4 is 5.32 Å². The summed E-state index contributed by atoms with van der Waals surface area (Å²) in [6.45, 7) is 4.13. The number of carbonyl (C=O) groups excluding carboxylic acids is 2. The molecule has 0 saturated heterocycles. The normalized spacial score (nSPS) is 17.0. The van der Waals surface area contributed by atoms with Crippen LogP contribution in [-0.4, -0.2) is 32.3 Å². The first kappa shape index (κ1) is 17.0. The highest BCUT2D eigenvalue weighted by Gasteiger charge is 2.28. The molecular weight excluding hydrogens is 316 g/mol. The smallest absolute Gasteiger partial charge is 0.223 e. The van der Waals surface area contributed by atoms with Crippen molar-refractivity contribution in [1.29, 1.82) is 0 Å². The minimum atomic E-state index is -0.279. The molecule has 0 spiro atoms. The Morgan fingerprint density at radius 1 is 1.32 bits per heavy atom. The molecule has 0 aliphatic carbocycles. The topological polar surface area (TPSA) is 67.2 Å². The Bertz CT molecular complexity index is 782. The molecule has 2 amide bonds. The van der Waals surface area contributed by atoms with Crippen LogP contribution in [0.2, 0.25) is 0 Å². The molecule has 6 nitrogen and oxygen atoms in total. The van der Waals surface area contributed by atoms with Crippen molar-refractivity contribution in [2.45, 2.75) is 38.9 Å². The van der Waals surface area contributed by atoms with Crippen molar-refractivity contribution in [3.05, 3.63) is 60.3 Å². The molecule has 25 heavy (non-hydrogen) atoms. The number of nitrogens with one attached hydrogen (secondary N) is 1. The maximum atomic E-state index is 12.5. The van der Waals surface area contributed by atoms with Gasteiger partial charge in [-0.3, -0.25) is 9.59 Å². The molecule has 130 valence electrons. The second-order valence-corrected chi connectivity index (χ2v) is 6.32. The molecule has 0 fully saturated rings. The fourth-order valence-electron chi connectivity index (χ4n) is 3.18. The van der Waals surface area contributed by atoms with Gasteiger partial charge in [-0.25, -0.2) is 4.98 Å². The highest BCUT2D eigenvalue weighted by molar-refractivity contribution is 5.81. The largest absolute Gasteiger partial charge is 0.352 e. The van der Waals surface area contributed by atoms with Gasteiger partial charge in [0, 0.05) is 38.1 Å². The molecule has 2 aromatic rings. The van der Waals surface area contributed by atoms with Crippen molar-refractivity contribution >= 4 is 17.9 Å². The van der Waals surface area contributed by atoms with Gasteiger partial charge in [0.15, 0.2) is 0 Å². The van der Waals surface area contributed by atoms with E-state index in [0.29, 0.717) is 6.54 Å². The van der Waals surface area contributed by atoms with Crippen LogP contribution in [0.15, 0.2) is 49.2 Å². The Morgan fingerprint density at radius 3 is 2.84 bits per heavy atom. The van der Waals surface area contributed by atoms with Crippen LogP contribution >= 0.6 is 0 Å². The van der Waals surface area contributed by atoms with Crippen LogP contribution in [0.5, 0.6) is 0 Å². The maximum Gasteiger partial charge on any atom is 0.223 e. The molecule has 2 heterocycles. The van der Waals surface area contributed by atoms with Gasteiger partial charge >= 0.3 is 0 Å². The van der Waals surface area contributed by atoms with Gasteiger partial charge in [-0.2, -0.15) is 0 Å². The number of rotatable bonds is 5. The lowest BCUT2D eigenvalue weighted by Crippen LogP contribution is -2.39. The van der Waals surface area contributed by atoms with E-state index < -0.39 is 0 Å². The molecule has 1 aromatic heterocycles. The maximum absolute atomic E-state index is 12.5. The summed E-state index contributed by atoms with van der Waals surface area (Å²) in [5.41, 5.74) is 2.04. The fourth-order valence-corrected chi connectivity index (χ4v) is 3.18. The Hall–Kier alpha value is -2.89. The van der Waals surface area contributed by atoms with E-state index in [1.807, 2.05) is 48.0 Å². The number of hydrogen-bond acceptors (Lipinski definition) is 3. The van der Waals surface area contributed by atoms with Crippen LogP contribution in [0.3, 0.4) is 0 Å². The first-order chi connectivity index (χ1) is 12.0. The number of carbonyl (C=O) groups is 2. The molecule has 3 rings (SSSR count). The van der Waals surface area contributed by atoms with Crippen LogP contribution in [0.25, 0.3) is 6.08 Å². The standard InChI is InChI=1S/C19H22N4O2/c1-14(12-22-10-8-20-13-22)21-19(25)11-18-17-6-4-3-5-16(17)7-9-23(18)15(2)24/h3-10,13-14,18H,11-12H2,1-2H3,(H,21,25)/t14-,18+/m0/s1. The van der Waals surface area contributed by atoms with Gasteiger partial charge in [0.1, 0.15) is 0 Å². The highest BCUT2D eigenvalue weighted by Crippen LogP contribution is 2.32. The third-order valence-corrected chi connectivity index (χ3v) is 4.30. The first-order valence-corrected chi connectivity index (χ1v) is 8.35. The lowest BCUT2D eigenvalue weighted by molar-refractivity contribution is -0.130. The molecular formula is C19H22N4O2. The number of nitrogens with zero attached hydrogens (tertiary/aromatic N) is 3. The predicted molar refractivity (Wildman–Crippen MR) is 95.2 cm³/mol. The monoisotopic (exact) mass is 338 g/mol. The Balaban J connectivity index is 1.69. The summed E-state index contributed by atoms with van der Waals surface area (Å²) in [7, 11) is 0. The molecule has 1 aliphatic rings. The van der Waals surface area contributed by atoms with E-state index >= 15 is 0 Å². The molecule has 1 N–H and O–H groups in total. The highest BCUT2D eigenvalue weighted by atomic mass is 16.2. The molecule has 0 radical (unpaired) electrons. The van der Waals surface area contributed by atoms with Gasteiger partial charge in [0.05, 0.1) is 18.8 Å². The van der Waals surface area contributed by atoms with Crippen LogP contribution in [-0.2, 0) is 16.1 Å². The van der Waals surface area contributed by atoms with Gasteiger partial charge in [-0.15, -0.1) is 0 Å². The quantitative estimate of drug-likeness (QED) is 0.910. The molecule has 1 aromatic carbocycles. The number of imidazole rings is 1. The third kappa shape index (κ3) is 3.96. The van der Waals surface area contributed by atoms with E-state index in [9.17, 15) is 9.59 Å². The van der Waals surface area contributed by atoms with E-state index in [1.165, 1.54) is 6.92 Å². The molecule has 2 atom stereocenters. The molecule has 0 unspecified atom stereocenters. The number of fused-ring (bicyclic) bond motifs is 1. The average Bonchev–Trinajstić information content (AvgIpc) is 3.07. The third-order valence-electron chi connectivity index (χ3n) is 4.30. The zero-order valence-corrected chi connectivity index (χ0v) is 14.4. The van der Waals surface area contributed by atoms with Crippen LogP contribution in [0, 0.1) is 0 Å². The molecule has 1 aliphatic heterocycles. The summed E-state index contributed by atoms with van der Waals surface area (Å²) >= 11 is 0. The molecule has 6 heteroatoms. The summed E-state index contributed by atoms with van der Waals surface area (Å²) in [6, 6.07) is 7.55. The van der Waals surface area contributed by atoms with E-state index in [4.69, 9.17) is 0 Å². The minimum Gasteiger partial charge on any atom is -0.352 e. The van der Waals surface area contributed by atoms with Gasteiger partial charge in [-0.1, -0.05) is 24.3 Å². The van der Waals surface area contributed by atoms with Crippen LogP contribution in [0.4, 0.5) is 0 Å². The minimum absolute atomic E-state index is 0.0261. The Labute approximate surface area is 147 Å². The van der Waals surface area contributed by atoms with Crippen molar-refractivity contribution < 1.29 is 9.59 Å².